The van der Waals surface area contributed by atoms with Crippen molar-refractivity contribution >= 4 is 29.3 Å². The van der Waals surface area contributed by atoms with Crippen molar-refractivity contribution in [1.82, 2.24) is 25.1 Å². The van der Waals surface area contributed by atoms with E-state index >= 15 is 0 Å². The summed E-state index contributed by atoms with van der Waals surface area (Å²) in [7, 11) is 1.61. The number of amides is 1. The van der Waals surface area contributed by atoms with Crippen LogP contribution in [0.15, 0.2) is 41.6 Å². The predicted octanol–water partition coefficient (Wildman–Crippen LogP) is 3.82. The summed E-state index contributed by atoms with van der Waals surface area (Å²) in [6.45, 7) is 4.10. The van der Waals surface area contributed by atoms with E-state index in [0.29, 0.717) is 15.7 Å². The van der Waals surface area contributed by atoms with Gasteiger partial charge < -0.3 is 4.90 Å². The molecule has 146 valence electrons. The van der Waals surface area contributed by atoms with Crippen LogP contribution in [0.2, 0.25) is 5.02 Å². The Kier molecular flexibility index (Phi) is 6.31. The van der Waals surface area contributed by atoms with Gasteiger partial charge in [0, 0.05) is 24.2 Å². The van der Waals surface area contributed by atoms with Crippen LogP contribution in [0.4, 0.5) is 4.39 Å². The highest BCUT2D eigenvalue weighted by Gasteiger charge is 2.17. The van der Waals surface area contributed by atoms with Gasteiger partial charge in [0.15, 0.2) is 0 Å². The van der Waals surface area contributed by atoms with Crippen molar-refractivity contribution in [2.75, 3.05) is 12.8 Å². The molecule has 0 N–H and O–H groups in total. The van der Waals surface area contributed by atoms with Crippen LogP contribution >= 0.6 is 23.4 Å². The molecule has 0 saturated carbocycles. The van der Waals surface area contributed by atoms with Gasteiger partial charge in [-0.05, 0) is 53.6 Å². The van der Waals surface area contributed by atoms with Crippen molar-refractivity contribution in [3.63, 3.8) is 0 Å². The fourth-order valence-electron chi connectivity index (χ4n) is 2.63. The lowest BCUT2D eigenvalue weighted by atomic mass is 10.1. The number of aromatic nitrogens is 4. The lowest BCUT2D eigenvalue weighted by molar-refractivity contribution is -0.127. The zero-order chi connectivity index (χ0) is 20.3. The van der Waals surface area contributed by atoms with Crippen molar-refractivity contribution in [3.8, 4) is 5.69 Å². The number of halogens is 2. The van der Waals surface area contributed by atoms with Gasteiger partial charge in [0.25, 0.3) is 0 Å². The first kappa shape index (κ1) is 20.3. The Balaban J connectivity index is 1.69. The molecular formula is C19H19ClFN5OS. The number of nitrogens with zero attached hydrogens (tertiary/aromatic N) is 5. The lowest BCUT2D eigenvalue weighted by Crippen LogP contribution is -2.28. The van der Waals surface area contributed by atoms with E-state index in [0.717, 1.165) is 16.8 Å². The maximum Gasteiger partial charge on any atom is 0.233 e. The number of hydrogen-bond donors (Lipinski definition) is 0. The van der Waals surface area contributed by atoms with E-state index in [1.165, 1.54) is 28.8 Å². The molecule has 3 rings (SSSR count). The molecule has 1 heterocycles. The fraction of sp³-hybridized carbons (Fsp3) is 0.263. The van der Waals surface area contributed by atoms with E-state index in [2.05, 4.69) is 15.5 Å². The summed E-state index contributed by atoms with van der Waals surface area (Å²) in [5.74, 6) is -0.494. The number of aryl methyl sites for hydroxylation is 1. The molecule has 0 saturated heterocycles. The molecule has 0 atom stereocenters. The van der Waals surface area contributed by atoms with Gasteiger partial charge >= 0.3 is 0 Å². The quantitative estimate of drug-likeness (QED) is 0.568. The SMILES string of the molecule is Cc1cccc(-n2nnnc2SCC(=O)N(C)Cc2c(F)cccc2Cl)c1C. The third-order valence-electron chi connectivity index (χ3n) is 4.45. The average molecular weight is 420 g/mol. The zero-order valence-corrected chi connectivity index (χ0v) is 17.3. The maximum atomic E-state index is 13.9. The Bertz CT molecular complexity index is 989. The molecule has 0 spiro atoms. The minimum absolute atomic E-state index is 0.0901. The minimum Gasteiger partial charge on any atom is -0.341 e. The zero-order valence-electron chi connectivity index (χ0n) is 15.7. The number of carbonyl (C=O) groups is 1. The summed E-state index contributed by atoms with van der Waals surface area (Å²) in [5.41, 5.74) is 3.35. The first-order chi connectivity index (χ1) is 13.4. The minimum atomic E-state index is -0.432. The highest BCUT2D eigenvalue weighted by atomic mass is 35.5. The highest BCUT2D eigenvalue weighted by Crippen LogP contribution is 2.24. The van der Waals surface area contributed by atoms with Crippen LogP contribution in [0.3, 0.4) is 0 Å². The Labute approximate surface area is 171 Å². The molecule has 0 unspecified atom stereocenters. The number of rotatable bonds is 6. The van der Waals surface area contributed by atoms with Crippen LogP contribution in [0.5, 0.6) is 0 Å². The van der Waals surface area contributed by atoms with Gasteiger partial charge in [-0.2, -0.15) is 4.68 Å². The summed E-state index contributed by atoms with van der Waals surface area (Å²) < 4.78 is 15.6. The number of hydrogen-bond acceptors (Lipinski definition) is 5. The second-order valence-electron chi connectivity index (χ2n) is 6.33. The molecule has 2 aromatic carbocycles. The second-order valence-corrected chi connectivity index (χ2v) is 7.68. The molecule has 0 aliphatic carbocycles. The third-order valence-corrected chi connectivity index (χ3v) is 5.71. The maximum absolute atomic E-state index is 13.9. The van der Waals surface area contributed by atoms with E-state index in [-0.39, 0.29) is 18.2 Å². The van der Waals surface area contributed by atoms with E-state index < -0.39 is 5.82 Å². The molecule has 1 amide bonds. The molecule has 6 nitrogen and oxygen atoms in total. The number of benzene rings is 2. The van der Waals surface area contributed by atoms with Crippen LogP contribution in [-0.4, -0.2) is 43.8 Å². The largest absolute Gasteiger partial charge is 0.341 e. The second kappa shape index (κ2) is 8.70. The molecule has 0 bridgehead atoms. The Morgan fingerprint density at radius 3 is 2.75 bits per heavy atom. The van der Waals surface area contributed by atoms with Gasteiger partial charge in [-0.25, -0.2) is 4.39 Å². The Hall–Kier alpha value is -2.45. The monoisotopic (exact) mass is 419 g/mol. The normalized spacial score (nSPS) is 10.9. The highest BCUT2D eigenvalue weighted by molar-refractivity contribution is 7.99. The summed E-state index contributed by atoms with van der Waals surface area (Å²) in [6, 6.07) is 10.3. The number of tetrazole rings is 1. The molecule has 0 aliphatic heterocycles. The number of carbonyl (C=O) groups excluding carboxylic acids is 1. The van der Waals surface area contributed by atoms with E-state index in [4.69, 9.17) is 11.6 Å². The van der Waals surface area contributed by atoms with Crippen molar-refractivity contribution in [3.05, 3.63) is 63.9 Å². The summed E-state index contributed by atoms with van der Waals surface area (Å²) in [5, 5.41) is 12.6. The fourth-order valence-corrected chi connectivity index (χ4v) is 3.68. The molecule has 0 fully saturated rings. The molecule has 1 aromatic heterocycles. The van der Waals surface area contributed by atoms with Gasteiger partial charge in [0.1, 0.15) is 5.82 Å². The summed E-state index contributed by atoms with van der Waals surface area (Å²) in [4.78, 5) is 13.9. The Morgan fingerprint density at radius 2 is 2.00 bits per heavy atom. The van der Waals surface area contributed by atoms with Gasteiger partial charge in [-0.1, -0.05) is 41.6 Å². The standard InChI is InChI=1S/C19H19ClFN5OS/c1-12-6-4-9-17(13(12)2)26-19(22-23-24-26)28-11-18(27)25(3)10-14-15(20)7-5-8-16(14)21/h4-9H,10-11H2,1-3H3. The number of thioether (sulfide) groups is 1. The van der Waals surface area contributed by atoms with Crippen molar-refractivity contribution < 1.29 is 9.18 Å². The molecule has 9 heteroatoms. The van der Waals surface area contributed by atoms with Crippen LogP contribution in [0, 0.1) is 19.7 Å². The van der Waals surface area contributed by atoms with Gasteiger partial charge in [0.2, 0.25) is 11.1 Å². The predicted molar refractivity (Wildman–Crippen MR) is 107 cm³/mol. The third kappa shape index (κ3) is 4.34. The average Bonchev–Trinajstić information content (AvgIpc) is 3.13. The first-order valence-corrected chi connectivity index (χ1v) is 9.89. The lowest BCUT2D eigenvalue weighted by Gasteiger charge is -2.18. The first-order valence-electron chi connectivity index (χ1n) is 8.53. The molecular weight excluding hydrogens is 401 g/mol. The topological polar surface area (TPSA) is 63.9 Å². The summed E-state index contributed by atoms with van der Waals surface area (Å²) >= 11 is 7.27. The molecule has 0 aliphatic rings. The van der Waals surface area contributed by atoms with Crippen molar-refractivity contribution in [2.24, 2.45) is 0 Å². The van der Waals surface area contributed by atoms with Gasteiger partial charge in [-0.3, -0.25) is 4.79 Å². The molecule has 3 aromatic rings. The van der Waals surface area contributed by atoms with Crippen LogP contribution in [-0.2, 0) is 11.3 Å². The van der Waals surface area contributed by atoms with Crippen LogP contribution in [0.25, 0.3) is 5.69 Å². The van der Waals surface area contributed by atoms with E-state index in [1.807, 2.05) is 32.0 Å². The van der Waals surface area contributed by atoms with E-state index in [1.54, 1.807) is 17.8 Å². The van der Waals surface area contributed by atoms with Crippen molar-refractivity contribution in [2.45, 2.75) is 25.5 Å². The Morgan fingerprint density at radius 1 is 1.25 bits per heavy atom. The van der Waals surface area contributed by atoms with Gasteiger partial charge in [0.05, 0.1) is 11.4 Å². The smallest absolute Gasteiger partial charge is 0.233 e. The van der Waals surface area contributed by atoms with Crippen LogP contribution < -0.4 is 0 Å². The summed E-state index contributed by atoms with van der Waals surface area (Å²) in [6.07, 6.45) is 0. The molecule has 28 heavy (non-hydrogen) atoms. The van der Waals surface area contributed by atoms with Crippen molar-refractivity contribution in [1.29, 1.82) is 0 Å². The van der Waals surface area contributed by atoms with Gasteiger partial charge in [-0.15, -0.1) is 5.10 Å². The molecule has 0 radical (unpaired) electrons. The van der Waals surface area contributed by atoms with Crippen LogP contribution in [0.1, 0.15) is 16.7 Å². The van der Waals surface area contributed by atoms with E-state index in [9.17, 15) is 9.18 Å².